The molecule has 0 fully saturated rings. The molecule has 0 aromatic carbocycles. The van der Waals surface area contributed by atoms with Gasteiger partial charge in [0.2, 0.25) is 0 Å². The molecule has 0 aliphatic carbocycles. The maximum Gasteiger partial charge on any atom is 0.508 e. The fourth-order valence-corrected chi connectivity index (χ4v) is 0.605. The molecule has 0 saturated carbocycles. The monoisotopic (exact) mass is 174 g/mol. The highest BCUT2D eigenvalue weighted by molar-refractivity contribution is 5.59. The van der Waals surface area contributed by atoms with Crippen molar-refractivity contribution in [3.05, 3.63) is 0 Å². The molecule has 0 aliphatic rings. The quantitative estimate of drug-likeness (QED) is 0.601. The van der Waals surface area contributed by atoms with Crippen LogP contribution in [-0.4, -0.2) is 19.4 Å². The van der Waals surface area contributed by atoms with Crippen LogP contribution in [0.5, 0.6) is 0 Å². The van der Waals surface area contributed by atoms with Crippen molar-refractivity contribution in [2.45, 2.75) is 33.6 Å². The lowest BCUT2D eigenvalue weighted by Gasteiger charge is -2.06. The van der Waals surface area contributed by atoms with Gasteiger partial charge in [0.15, 0.2) is 0 Å². The second-order valence-corrected chi connectivity index (χ2v) is 3.13. The Hall–Kier alpha value is -0.730. The standard InChI is InChI=1S/C9H18O3/c1-4-6-11-9(10)12-7-5-8(2)3/h8H,4-7H2,1-3H3. The van der Waals surface area contributed by atoms with Gasteiger partial charge in [-0.3, -0.25) is 0 Å². The molecular formula is C9H18O3. The Morgan fingerprint density at radius 3 is 2.33 bits per heavy atom. The minimum absolute atomic E-state index is 0.445. The maximum absolute atomic E-state index is 10.7. The Morgan fingerprint density at radius 2 is 1.83 bits per heavy atom. The van der Waals surface area contributed by atoms with E-state index in [0.29, 0.717) is 19.1 Å². The minimum Gasteiger partial charge on any atom is -0.434 e. The summed E-state index contributed by atoms with van der Waals surface area (Å²) in [6.45, 7) is 7.02. The third kappa shape index (κ3) is 7.38. The van der Waals surface area contributed by atoms with Crippen molar-refractivity contribution < 1.29 is 14.3 Å². The summed E-state index contributed by atoms with van der Waals surface area (Å²) in [4.78, 5) is 10.7. The summed E-state index contributed by atoms with van der Waals surface area (Å²) in [6, 6.07) is 0. The van der Waals surface area contributed by atoms with Gasteiger partial charge in [-0.1, -0.05) is 20.8 Å². The Morgan fingerprint density at radius 1 is 1.25 bits per heavy atom. The smallest absolute Gasteiger partial charge is 0.434 e. The van der Waals surface area contributed by atoms with Crippen LogP contribution in [0.3, 0.4) is 0 Å². The minimum atomic E-state index is -0.544. The largest absolute Gasteiger partial charge is 0.508 e. The summed E-state index contributed by atoms with van der Waals surface area (Å²) in [5, 5.41) is 0. The molecule has 72 valence electrons. The molecule has 0 spiro atoms. The van der Waals surface area contributed by atoms with Crippen LogP contribution in [0, 0.1) is 5.92 Å². The Kier molecular flexibility index (Phi) is 6.53. The molecule has 0 heterocycles. The molecule has 0 aromatic rings. The highest BCUT2D eigenvalue weighted by Gasteiger charge is 2.02. The predicted octanol–water partition coefficient (Wildman–Crippen LogP) is 2.60. The van der Waals surface area contributed by atoms with Crippen LogP contribution in [-0.2, 0) is 9.47 Å². The van der Waals surface area contributed by atoms with Gasteiger partial charge in [0, 0.05) is 0 Å². The summed E-state index contributed by atoms with van der Waals surface area (Å²) in [7, 11) is 0. The number of hydrogen-bond donors (Lipinski definition) is 0. The fourth-order valence-electron chi connectivity index (χ4n) is 0.605. The lowest BCUT2D eigenvalue weighted by atomic mass is 10.1. The third-order valence-corrected chi connectivity index (χ3v) is 1.34. The second kappa shape index (κ2) is 6.95. The molecule has 3 heteroatoms. The van der Waals surface area contributed by atoms with Gasteiger partial charge >= 0.3 is 6.16 Å². The first-order chi connectivity index (χ1) is 5.66. The van der Waals surface area contributed by atoms with Crippen LogP contribution in [0.4, 0.5) is 4.79 Å². The molecule has 0 bridgehead atoms. The Bertz CT molecular complexity index is 121. The average molecular weight is 174 g/mol. The summed E-state index contributed by atoms with van der Waals surface area (Å²) >= 11 is 0. The predicted molar refractivity (Wildman–Crippen MR) is 47.0 cm³/mol. The third-order valence-electron chi connectivity index (χ3n) is 1.34. The van der Waals surface area contributed by atoms with Crippen molar-refractivity contribution in [2.24, 2.45) is 5.92 Å². The summed E-state index contributed by atoms with van der Waals surface area (Å²) in [6.07, 6.45) is 1.18. The van der Waals surface area contributed by atoms with Crippen molar-refractivity contribution in [3.8, 4) is 0 Å². The molecular weight excluding hydrogens is 156 g/mol. The molecule has 0 atom stereocenters. The van der Waals surface area contributed by atoms with Crippen molar-refractivity contribution in [1.82, 2.24) is 0 Å². The molecule has 0 N–H and O–H groups in total. The second-order valence-electron chi connectivity index (χ2n) is 3.13. The zero-order valence-corrected chi connectivity index (χ0v) is 8.13. The van der Waals surface area contributed by atoms with Crippen LogP contribution in [0.15, 0.2) is 0 Å². The van der Waals surface area contributed by atoms with Crippen LogP contribution >= 0.6 is 0 Å². The summed E-state index contributed by atoms with van der Waals surface area (Å²) < 4.78 is 9.51. The molecule has 0 amide bonds. The van der Waals surface area contributed by atoms with Crippen LogP contribution < -0.4 is 0 Å². The Labute approximate surface area is 74.0 Å². The zero-order valence-electron chi connectivity index (χ0n) is 8.13. The Balaban J connectivity index is 3.20. The molecule has 12 heavy (non-hydrogen) atoms. The number of carbonyl (C=O) groups is 1. The van der Waals surface area contributed by atoms with E-state index in [1.54, 1.807) is 0 Å². The van der Waals surface area contributed by atoms with Gasteiger partial charge in [-0.05, 0) is 18.8 Å². The molecule has 0 saturated heterocycles. The van der Waals surface area contributed by atoms with E-state index < -0.39 is 6.16 Å². The van der Waals surface area contributed by atoms with Crippen molar-refractivity contribution >= 4 is 6.16 Å². The van der Waals surface area contributed by atoms with Crippen molar-refractivity contribution in [3.63, 3.8) is 0 Å². The van der Waals surface area contributed by atoms with E-state index >= 15 is 0 Å². The first-order valence-electron chi connectivity index (χ1n) is 4.46. The summed E-state index contributed by atoms with van der Waals surface area (Å²) in [5.74, 6) is 0.559. The van der Waals surface area contributed by atoms with E-state index in [-0.39, 0.29) is 0 Å². The van der Waals surface area contributed by atoms with Gasteiger partial charge in [-0.2, -0.15) is 0 Å². The summed E-state index contributed by atoms with van der Waals surface area (Å²) in [5.41, 5.74) is 0. The van der Waals surface area contributed by atoms with Gasteiger partial charge in [0.1, 0.15) is 0 Å². The number of hydrogen-bond acceptors (Lipinski definition) is 3. The lowest BCUT2D eigenvalue weighted by molar-refractivity contribution is 0.0525. The van der Waals surface area contributed by atoms with E-state index in [0.717, 1.165) is 12.8 Å². The van der Waals surface area contributed by atoms with E-state index in [1.165, 1.54) is 0 Å². The van der Waals surface area contributed by atoms with Gasteiger partial charge in [0.05, 0.1) is 13.2 Å². The first-order valence-corrected chi connectivity index (χ1v) is 4.46. The van der Waals surface area contributed by atoms with Crippen LogP contribution in [0.2, 0.25) is 0 Å². The molecule has 0 rings (SSSR count). The van der Waals surface area contributed by atoms with Crippen molar-refractivity contribution in [2.75, 3.05) is 13.2 Å². The zero-order chi connectivity index (χ0) is 9.40. The normalized spacial score (nSPS) is 10.0. The highest BCUT2D eigenvalue weighted by atomic mass is 16.7. The van der Waals surface area contributed by atoms with E-state index in [9.17, 15) is 4.79 Å². The van der Waals surface area contributed by atoms with Crippen molar-refractivity contribution in [1.29, 1.82) is 0 Å². The van der Waals surface area contributed by atoms with Gasteiger partial charge in [-0.15, -0.1) is 0 Å². The van der Waals surface area contributed by atoms with Gasteiger partial charge in [-0.25, -0.2) is 4.79 Å². The highest BCUT2D eigenvalue weighted by Crippen LogP contribution is 1.99. The van der Waals surface area contributed by atoms with Crippen LogP contribution in [0.25, 0.3) is 0 Å². The van der Waals surface area contributed by atoms with E-state index in [2.05, 4.69) is 13.8 Å². The first kappa shape index (κ1) is 11.3. The SMILES string of the molecule is CCCOC(=O)OCCC(C)C. The fraction of sp³-hybridized carbons (Fsp3) is 0.889. The molecule has 0 radical (unpaired) electrons. The molecule has 0 aromatic heterocycles. The molecule has 0 unspecified atom stereocenters. The lowest BCUT2D eigenvalue weighted by Crippen LogP contribution is -2.10. The number of carbonyl (C=O) groups excluding carboxylic acids is 1. The van der Waals surface area contributed by atoms with Gasteiger partial charge in [0.25, 0.3) is 0 Å². The number of rotatable bonds is 5. The topological polar surface area (TPSA) is 35.5 Å². The molecule has 0 aliphatic heterocycles. The molecule has 3 nitrogen and oxygen atoms in total. The van der Waals surface area contributed by atoms with E-state index in [1.807, 2.05) is 6.92 Å². The average Bonchev–Trinajstić information content (AvgIpc) is 2.00. The maximum atomic E-state index is 10.7. The van der Waals surface area contributed by atoms with Gasteiger partial charge < -0.3 is 9.47 Å². The van der Waals surface area contributed by atoms with Crippen LogP contribution in [0.1, 0.15) is 33.6 Å². The number of ether oxygens (including phenoxy) is 2. The van der Waals surface area contributed by atoms with E-state index in [4.69, 9.17) is 9.47 Å².